The maximum absolute atomic E-state index is 11.0. The van der Waals surface area contributed by atoms with Gasteiger partial charge in [-0.25, -0.2) is 4.79 Å². The number of aromatic amines is 1. The van der Waals surface area contributed by atoms with Gasteiger partial charge in [0.05, 0.1) is 17.0 Å². The zero-order valence-electron chi connectivity index (χ0n) is 8.78. The van der Waals surface area contributed by atoms with Crippen LogP contribution >= 0.6 is 0 Å². The number of nitrogens with one attached hydrogen (secondary N) is 1. The SMILES string of the molecule is CC1CC1(C#N)c1ccc2oc(=O)[nH]c2c1. The lowest BCUT2D eigenvalue weighted by Crippen LogP contribution is -2.05. The molecule has 1 aromatic carbocycles. The Bertz CT molecular complexity index is 661. The van der Waals surface area contributed by atoms with Crippen LogP contribution in [0.5, 0.6) is 0 Å². The van der Waals surface area contributed by atoms with Crippen molar-refractivity contribution in [2.24, 2.45) is 5.92 Å². The molecule has 0 bridgehead atoms. The number of hydrogen-bond acceptors (Lipinski definition) is 3. The van der Waals surface area contributed by atoms with Gasteiger partial charge in [-0.3, -0.25) is 4.98 Å². The summed E-state index contributed by atoms with van der Waals surface area (Å²) in [5.74, 6) is -0.0735. The molecule has 0 radical (unpaired) electrons. The molecule has 2 unspecified atom stereocenters. The van der Waals surface area contributed by atoms with Crippen LogP contribution < -0.4 is 5.76 Å². The molecule has 80 valence electrons. The van der Waals surface area contributed by atoms with E-state index in [1.807, 2.05) is 12.1 Å². The first kappa shape index (κ1) is 9.22. The van der Waals surface area contributed by atoms with Crippen molar-refractivity contribution in [1.82, 2.24) is 4.98 Å². The molecule has 2 atom stereocenters. The minimum Gasteiger partial charge on any atom is -0.408 e. The third-order valence-electron chi connectivity index (χ3n) is 3.44. The zero-order valence-corrected chi connectivity index (χ0v) is 8.78. The lowest BCUT2D eigenvalue weighted by molar-refractivity contribution is 0.555. The molecule has 3 rings (SSSR count). The van der Waals surface area contributed by atoms with Crippen molar-refractivity contribution >= 4 is 11.1 Å². The second-order valence-corrected chi connectivity index (χ2v) is 4.41. The maximum atomic E-state index is 11.0. The fraction of sp³-hybridized carbons (Fsp3) is 0.333. The smallest absolute Gasteiger partial charge is 0.408 e. The molecule has 1 saturated carbocycles. The fourth-order valence-electron chi connectivity index (χ4n) is 2.28. The fourth-order valence-corrected chi connectivity index (χ4v) is 2.28. The summed E-state index contributed by atoms with van der Waals surface area (Å²) in [5, 5.41) is 9.21. The van der Waals surface area contributed by atoms with Gasteiger partial charge in [-0.15, -0.1) is 0 Å². The molecule has 16 heavy (non-hydrogen) atoms. The van der Waals surface area contributed by atoms with Crippen LogP contribution in [0.1, 0.15) is 18.9 Å². The zero-order chi connectivity index (χ0) is 11.3. The van der Waals surface area contributed by atoms with Crippen LogP contribution in [0, 0.1) is 17.2 Å². The van der Waals surface area contributed by atoms with Crippen LogP contribution in [0.15, 0.2) is 27.4 Å². The van der Waals surface area contributed by atoms with E-state index in [4.69, 9.17) is 4.42 Å². The van der Waals surface area contributed by atoms with Gasteiger partial charge in [0.1, 0.15) is 0 Å². The van der Waals surface area contributed by atoms with Crippen LogP contribution in [0.25, 0.3) is 11.1 Å². The topological polar surface area (TPSA) is 69.8 Å². The third-order valence-corrected chi connectivity index (χ3v) is 3.44. The molecule has 1 heterocycles. The Morgan fingerprint density at radius 2 is 2.38 bits per heavy atom. The summed E-state index contributed by atoms with van der Waals surface area (Å²) in [7, 11) is 0. The Morgan fingerprint density at radius 3 is 3.00 bits per heavy atom. The molecule has 1 fully saturated rings. The Labute approximate surface area is 91.5 Å². The molecule has 2 aromatic rings. The van der Waals surface area contributed by atoms with E-state index in [0.29, 0.717) is 17.0 Å². The van der Waals surface area contributed by atoms with Gasteiger partial charge in [-0.2, -0.15) is 5.26 Å². The van der Waals surface area contributed by atoms with Gasteiger partial charge in [-0.05, 0) is 30.0 Å². The van der Waals surface area contributed by atoms with Gasteiger partial charge in [0, 0.05) is 0 Å². The lowest BCUT2D eigenvalue weighted by atomic mass is 9.95. The average molecular weight is 214 g/mol. The molecule has 1 aliphatic carbocycles. The van der Waals surface area contributed by atoms with Crippen LogP contribution in [0.2, 0.25) is 0 Å². The minimum atomic E-state index is -0.456. The molecular formula is C12H10N2O2. The van der Waals surface area contributed by atoms with Crippen molar-refractivity contribution in [1.29, 1.82) is 5.26 Å². The molecule has 0 aliphatic heterocycles. The Balaban J connectivity index is 2.20. The van der Waals surface area contributed by atoms with Gasteiger partial charge in [0.25, 0.3) is 0 Å². The predicted molar refractivity (Wildman–Crippen MR) is 57.9 cm³/mol. The van der Waals surface area contributed by atoms with Gasteiger partial charge >= 0.3 is 5.76 Å². The number of hydrogen-bond donors (Lipinski definition) is 1. The monoisotopic (exact) mass is 214 g/mol. The van der Waals surface area contributed by atoms with Crippen molar-refractivity contribution in [2.45, 2.75) is 18.8 Å². The number of nitriles is 1. The van der Waals surface area contributed by atoms with Gasteiger partial charge in [0.2, 0.25) is 0 Å². The molecular weight excluding hydrogens is 204 g/mol. The van der Waals surface area contributed by atoms with E-state index in [2.05, 4.69) is 18.0 Å². The number of fused-ring (bicyclic) bond motifs is 1. The first-order valence-corrected chi connectivity index (χ1v) is 5.20. The molecule has 4 heteroatoms. The Hall–Kier alpha value is -2.02. The van der Waals surface area contributed by atoms with E-state index in [1.54, 1.807) is 6.07 Å². The van der Waals surface area contributed by atoms with Crippen molar-refractivity contribution in [3.63, 3.8) is 0 Å². The van der Waals surface area contributed by atoms with Crippen molar-refractivity contribution in [2.75, 3.05) is 0 Å². The van der Waals surface area contributed by atoms with E-state index in [1.165, 1.54) is 0 Å². The summed E-state index contributed by atoms with van der Waals surface area (Å²) < 4.78 is 4.92. The number of rotatable bonds is 1. The normalized spacial score (nSPS) is 27.9. The van der Waals surface area contributed by atoms with Crippen LogP contribution in [0.4, 0.5) is 0 Å². The molecule has 0 saturated heterocycles. The molecule has 1 aromatic heterocycles. The summed E-state index contributed by atoms with van der Waals surface area (Å²) in [4.78, 5) is 13.6. The van der Waals surface area contributed by atoms with Crippen LogP contribution in [0.3, 0.4) is 0 Å². The Kier molecular flexibility index (Phi) is 1.59. The number of benzene rings is 1. The molecule has 0 spiro atoms. The van der Waals surface area contributed by atoms with Gasteiger partial charge < -0.3 is 4.42 Å². The quantitative estimate of drug-likeness (QED) is 0.788. The van der Waals surface area contributed by atoms with Crippen molar-refractivity contribution in [3.8, 4) is 6.07 Å². The summed E-state index contributed by atoms with van der Waals surface area (Å²) in [5.41, 5.74) is 1.81. The summed E-state index contributed by atoms with van der Waals surface area (Å²) in [6.45, 7) is 2.06. The van der Waals surface area contributed by atoms with E-state index in [0.717, 1.165) is 12.0 Å². The number of H-pyrrole nitrogens is 1. The number of oxazole rings is 1. The lowest BCUT2D eigenvalue weighted by Gasteiger charge is -2.06. The minimum absolute atomic E-state index is 0.359. The first-order valence-electron chi connectivity index (χ1n) is 5.20. The second kappa shape index (κ2) is 2.76. The van der Waals surface area contributed by atoms with Crippen molar-refractivity contribution in [3.05, 3.63) is 34.3 Å². The largest absolute Gasteiger partial charge is 0.417 e. The van der Waals surface area contributed by atoms with Crippen molar-refractivity contribution < 1.29 is 4.42 Å². The molecule has 1 N–H and O–H groups in total. The summed E-state index contributed by atoms with van der Waals surface area (Å²) >= 11 is 0. The standard InChI is InChI=1S/C12H10N2O2/c1-7-5-12(7,6-13)8-2-3-10-9(4-8)14-11(15)16-10/h2-4,7H,5H2,1H3,(H,14,15). The van der Waals surface area contributed by atoms with Gasteiger partial charge in [0.15, 0.2) is 5.58 Å². The van der Waals surface area contributed by atoms with E-state index in [9.17, 15) is 10.1 Å². The highest BCUT2D eigenvalue weighted by molar-refractivity contribution is 5.74. The molecule has 4 nitrogen and oxygen atoms in total. The third kappa shape index (κ3) is 1.06. The van der Waals surface area contributed by atoms with Gasteiger partial charge in [-0.1, -0.05) is 13.0 Å². The highest BCUT2D eigenvalue weighted by Gasteiger charge is 2.53. The van der Waals surface area contributed by atoms with E-state index in [-0.39, 0.29) is 5.41 Å². The summed E-state index contributed by atoms with van der Waals surface area (Å²) in [6, 6.07) is 7.82. The number of aromatic nitrogens is 1. The van der Waals surface area contributed by atoms with E-state index < -0.39 is 5.76 Å². The van der Waals surface area contributed by atoms with Crippen LogP contribution in [-0.4, -0.2) is 4.98 Å². The Morgan fingerprint density at radius 1 is 1.62 bits per heavy atom. The molecule has 0 amide bonds. The highest BCUT2D eigenvalue weighted by Crippen LogP contribution is 2.53. The van der Waals surface area contributed by atoms with Crippen LogP contribution in [-0.2, 0) is 5.41 Å². The molecule has 1 aliphatic rings. The second-order valence-electron chi connectivity index (χ2n) is 4.41. The average Bonchev–Trinajstić information content (AvgIpc) is 2.79. The highest BCUT2D eigenvalue weighted by atomic mass is 16.4. The summed E-state index contributed by atoms with van der Waals surface area (Å²) in [6.07, 6.45) is 0.886. The maximum Gasteiger partial charge on any atom is 0.417 e. The first-order chi connectivity index (χ1) is 7.65. The van der Waals surface area contributed by atoms with E-state index >= 15 is 0 Å². The predicted octanol–water partition coefficient (Wildman–Crippen LogP) is 1.92. The number of nitrogens with zero attached hydrogens (tertiary/aromatic N) is 1.